The predicted octanol–water partition coefficient (Wildman–Crippen LogP) is 2.54. The van der Waals surface area contributed by atoms with Crippen LogP contribution in [-0.4, -0.2) is 33.4 Å². The Bertz CT molecular complexity index is 666. The molecule has 0 aliphatic heterocycles. The lowest BCUT2D eigenvalue weighted by molar-refractivity contribution is 0.0901. The predicted molar refractivity (Wildman–Crippen MR) is 85.9 cm³/mol. The van der Waals surface area contributed by atoms with Crippen LogP contribution >= 0.6 is 0 Å². The molecule has 5 nitrogen and oxygen atoms in total. The molecule has 0 aliphatic carbocycles. The van der Waals surface area contributed by atoms with E-state index in [9.17, 15) is 14.3 Å². The summed E-state index contributed by atoms with van der Waals surface area (Å²) in [6.45, 7) is 6.04. The average Bonchev–Trinajstić information content (AvgIpc) is 2.97. The summed E-state index contributed by atoms with van der Waals surface area (Å²) in [6.07, 6.45) is 3.33. The molecule has 23 heavy (non-hydrogen) atoms. The Hall–Kier alpha value is -2.21. The Balaban J connectivity index is 2.05. The van der Waals surface area contributed by atoms with Crippen molar-refractivity contribution in [1.29, 1.82) is 0 Å². The zero-order valence-electron chi connectivity index (χ0n) is 13.6. The number of amides is 1. The van der Waals surface area contributed by atoms with E-state index in [-0.39, 0.29) is 16.9 Å². The van der Waals surface area contributed by atoms with Gasteiger partial charge >= 0.3 is 0 Å². The summed E-state index contributed by atoms with van der Waals surface area (Å²) < 4.78 is 15.6. The molecular weight excluding hydrogens is 297 g/mol. The molecule has 0 fully saturated rings. The van der Waals surface area contributed by atoms with Crippen LogP contribution in [0.4, 0.5) is 4.39 Å². The Morgan fingerprint density at radius 3 is 2.78 bits per heavy atom. The number of nitrogens with zero attached hydrogens (tertiary/aromatic N) is 2. The van der Waals surface area contributed by atoms with Crippen LogP contribution in [0.3, 0.4) is 0 Å². The summed E-state index contributed by atoms with van der Waals surface area (Å²) in [4.78, 5) is 12.2. The Morgan fingerprint density at radius 1 is 1.48 bits per heavy atom. The molecular formula is C17H22FN3O2. The molecule has 0 aliphatic rings. The molecule has 2 aromatic rings. The fraction of sp³-hybridized carbons (Fsp3) is 0.412. The third kappa shape index (κ3) is 4.63. The number of halogens is 1. The van der Waals surface area contributed by atoms with Gasteiger partial charge in [0.2, 0.25) is 0 Å². The van der Waals surface area contributed by atoms with Gasteiger partial charge in [-0.25, -0.2) is 9.07 Å². The monoisotopic (exact) mass is 319 g/mol. The van der Waals surface area contributed by atoms with E-state index >= 15 is 0 Å². The molecule has 0 spiro atoms. The van der Waals surface area contributed by atoms with Crippen molar-refractivity contribution in [2.75, 3.05) is 6.54 Å². The molecule has 1 heterocycles. The van der Waals surface area contributed by atoms with E-state index < -0.39 is 11.9 Å². The van der Waals surface area contributed by atoms with Crippen molar-refractivity contribution in [2.24, 2.45) is 5.41 Å². The molecule has 1 amide bonds. The first-order valence-corrected chi connectivity index (χ1v) is 7.54. The van der Waals surface area contributed by atoms with Gasteiger partial charge in [-0.1, -0.05) is 13.8 Å². The Morgan fingerprint density at radius 2 is 2.22 bits per heavy atom. The molecule has 1 atom stereocenters. The number of carbonyl (C=O) groups excluding carboxylic acids is 1. The maximum absolute atomic E-state index is 14.1. The highest BCUT2D eigenvalue weighted by Gasteiger charge is 2.21. The minimum Gasteiger partial charge on any atom is -0.393 e. The topological polar surface area (TPSA) is 67.2 Å². The lowest BCUT2D eigenvalue weighted by Crippen LogP contribution is -2.35. The van der Waals surface area contributed by atoms with Gasteiger partial charge in [0.1, 0.15) is 11.5 Å². The highest BCUT2D eigenvalue weighted by molar-refractivity contribution is 5.94. The fourth-order valence-corrected chi connectivity index (χ4v) is 2.54. The van der Waals surface area contributed by atoms with Gasteiger partial charge < -0.3 is 10.4 Å². The maximum Gasteiger partial charge on any atom is 0.251 e. The van der Waals surface area contributed by atoms with Crippen molar-refractivity contribution in [3.05, 3.63) is 48.0 Å². The van der Waals surface area contributed by atoms with E-state index in [0.29, 0.717) is 18.7 Å². The molecule has 2 rings (SSSR count). The van der Waals surface area contributed by atoms with E-state index in [0.717, 1.165) is 0 Å². The van der Waals surface area contributed by atoms with Gasteiger partial charge in [0.15, 0.2) is 0 Å². The second kappa shape index (κ2) is 6.91. The minimum atomic E-state index is -0.510. The van der Waals surface area contributed by atoms with Crippen LogP contribution in [0.5, 0.6) is 0 Å². The number of aliphatic hydroxyl groups is 1. The van der Waals surface area contributed by atoms with Crippen molar-refractivity contribution in [3.8, 4) is 5.69 Å². The fourth-order valence-electron chi connectivity index (χ4n) is 2.54. The van der Waals surface area contributed by atoms with Crippen LogP contribution in [0, 0.1) is 11.2 Å². The molecule has 2 N–H and O–H groups in total. The highest BCUT2D eigenvalue weighted by atomic mass is 19.1. The van der Waals surface area contributed by atoms with Crippen molar-refractivity contribution in [1.82, 2.24) is 15.1 Å². The van der Waals surface area contributed by atoms with E-state index in [2.05, 4.69) is 10.4 Å². The van der Waals surface area contributed by atoms with Crippen LogP contribution in [0.15, 0.2) is 36.7 Å². The number of hydrogen-bond acceptors (Lipinski definition) is 3. The minimum absolute atomic E-state index is 0.239. The van der Waals surface area contributed by atoms with Crippen LogP contribution in [0.25, 0.3) is 5.69 Å². The molecule has 0 saturated carbocycles. The second-order valence-corrected chi connectivity index (χ2v) is 6.52. The number of aromatic nitrogens is 2. The largest absolute Gasteiger partial charge is 0.393 e. The van der Waals surface area contributed by atoms with Crippen molar-refractivity contribution < 1.29 is 14.3 Å². The van der Waals surface area contributed by atoms with E-state index in [1.807, 2.05) is 13.8 Å². The van der Waals surface area contributed by atoms with Gasteiger partial charge in [0.25, 0.3) is 5.91 Å². The summed E-state index contributed by atoms with van der Waals surface area (Å²) in [6, 6.07) is 5.99. The first kappa shape index (κ1) is 17.1. The van der Waals surface area contributed by atoms with Gasteiger partial charge in [-0.2, -0.15) is 5.10 Å². The Labute approximate surface area is 135 Å². The van der Waals surface area contributed by atoms with Crippen molar-refractivity contribution >= 4 is 5.91 Å². The van der Waals surface area contributed by atoms with Crippen LogP contribution in [-0.2, 0) is 0 Å². The van der Waals surface area contributed by atoms with Crippen LogP contribution < -0.4 is 5.32 Å². The van der Waals surface area contributed by atoms with Gasteiger partial charge in [0.05, 0.1) is 6.10 Å². The van der Waals surface area contributed by atoms with Gasteiger partial charge in [-0.15, -0.1) is 0 Å². The number of aliphatic hydroxyl groups excluding tert-OH is 1. The summed E-state index contributed by atoms with van der Waals surface area (Å²) >= 11 is 0. The molecule has 1 aromatic heterocycles. The quantitative estimate of drug-likeness (QED) is 0.860. The van der Waals surface area contributed by atoms with Gasteiger partial charge in [-0.05, 0) is 43.0 Å². The SMILES string of the molecule is CC(O)CC(C)(C)CNC(=O)c1ccc(-n2cccn2)c(F)c1. The van der Waals surface area contributed by atoms with Crippen LogP contribution in [0.2, 0.25) is 0 Å². The Kier molecular flexibility index (Phi) is 5.15. The average molecular weight is 319 g/mol. The van der Waals surface area contributed by atoms with E-state index in [4.69, 9.17) is 0 Å². The molecule has 0 bridgehead atoms. The number of nitrogens with one attached hydrogen (secondary N) is 1. The first-order chi connectivity index (χ1) is 10.8. The first-order valence-electron chi connectivity index (χ1n) is 7.54. The molecule has 6 heteroatoms. The third-order valence-corrected chi connectivity index (χ3v) is 3.54. The smallest absolute Gasteiger partial charge is 0.251 e. The van der Waals surface area contributed by atoms with Crippen molar-refractivity contribution in [2.45, 2.75) is 33.3 Å². The van der Waals surface area contributed by atoms with Gasteiger partial charge in [0, 0.05) is 24.5 Å². The number of hydrogen-bond donors (Lipinski definition) is 2. The van der Waals surface area contributed by atoms with E-state index in [1.54, 1.807) is 31.5 Å². The number of rotatable bonds is 6. The van der Waals surface area contributed by atoms with Crippen LogP contribution in [0.1, 0.15) is 37.6 Å². The second-order valence-electron chi connectivity index (χ2n) is 6.52. The lowest BCUT2D eigenvalue weighted by atomic mass is 9.87. The highest BCUT2D eigenvalue weighted by Crippen LogP contribution is 2.21. The zero-order chi connectivity index (χ0) is 17.0. The lowest BCUT2D eigenvalue weighted by Gasteiger charge is -2.26. The standard InChI is InChI=1S/C17H22FN3O2/c1-12(22)10-17(2,3)11-19-16(23)13-5-6-15(14(18)9-13)21-8-4-7-20-21/h4-9,12,22H,10-11H2,1-3H3,(H,19,23). The van der Waals surface area contributed by atoms with Gasteiger partial charge in [-0.3, -0.25) is 4.79 Å². The summed E-state index contributed by atoms with van der Waals surface area (Å²) in [5, 5.41) is 16.2. The normalized spacial score (nSPS) is 12.9. The molecule has 1 aromatic carbocycles. The zero-order valence-corrected chi connectivity index (χ0v) is 13.6. The molecule has 0 radical (unpaired) electrons. The number of carbonyl (C=O) groups is 1. The third-order valence-electron chi connectivity index (χ3n) is 3.54. The molecule has 0 saturated heterocycles. The maximum atomic E-state index is 14.1. The molecule has 1 unspecified atom stereocenters. The van der Waals surface area contributed by atoms with E-state index in [1.165, 1.54) is 16.8 Å². The van der Waals surface area contributed by atoms with Crippen molar-refractivity contribution in [3.63, 3.8) is 0 Å². The number of benzene rings is 1. The molecule has 124 valence electrons. The summed E-state index contributed by atoms with van der Waals surface area (Å²) in [5.74, 6) is -0.848. The summed E-state index contributed by atoms with van der Waals surface area (Å²) in [7, 11) is 0. The summed E-state index contributed by atoms with van der Waals surface area (Å²) in [5.41, 5.74) is 0.310.